The molecule has 1 atom stereocenters. The fourth-order valence-corrected chi connectivity index (χ4v) is 2.57. The average molecular weight is 265 g/mol. The summed E-state index contributed by atoms with van der Waals surface area (Å²) in [5, 5.41) is 4.34. The fraction of sp³-hybridized carbons (Fsp3) is 0.235. The van der Waals surface area contributed by atoms with Gasteiger partial charge in [-0.25, -0.2) is 4.52 Å². The zero-order valence-corrected chi connectivity index (χ0v) is 11.4. The SMILES string of the molecule is NC(CCCc1ccccc1)c1cnn2ccccc12. The van der Waals surface area contributed by atoms with Gasteiger partial charge in [-0.2, -0.15) is 5.10 Å². The second kappa shape index (κ2) is 5.88. The lowest BCUT2D eigenvalue weighted by atomic mass is 10.0. The number of benzene rings is 1. The summed E-state index contributed by atoms with van der Waals surface area (Å²) in [6.07, 6.45) is 6.99. The predicted molar refractivity (Wildman–Crippen MR) is 81.5 cm³/mol. The van der Waals surface area contributed by atoms with Crippen LogP contribution in [-0.4, -0.2) is 9.61 Å². The van der Waals surface area contributed by atoms with Gasteiger partial charge in [-0.15, -0.1) is 0 Å². The summed E-state index contributed by atoms with van der Waals surface area (Å²) in [6.45, 7) is 0. The molecule has 0 radical (unpaired) electrons. The van der Waals surface area contributed by atoms with Gasteiger partial charge in [0.15, 0.2) is 0 Å². The van der Waals surface area contributed by atoms with E-state index in [0.29, 0.717) is 0 Å². The molecule has 2 heterocycles. The van der Waals surface area contributed by atoms with Gasteiger partial charge in [0.1, 0.15) is 0 Å². The number of aromatic nitrogens is 2. The van der Waals surface area contributed by atoms with E-state index in [-0.39, 0.29) is 6.04 Å². The molecule has 2 N–H and O–H groups in total. The Hall–Kier alpha value is -2.13. The van der Waals surface area contributed by atoms with Crippen LogP contribution in [-0.2, 0) is 6.42 Å². The van der Waals surface area contributed by atoms with Crippen molar-refractivity contribution < 1.29 is 0 Å². The Morgan fingerprint density at radius 3 is 2.70 bits per heavy atom. The number of aryl methyl sites for hydroxylation is 1. The van der Waals surface area contributed by atoms with Gasteiger partial charge >= 0.3 is 0 Å². The number of fused-ring (bicyclic) bond motifs is 1. The molecule has 2 aromatic heterocycles. The van der Waals surface area contributed by atoms with Crippen LogP contribution in [0.2, 0.25) is 0 Å². The van der Waals surface area contributed by atoms with E-state index in [9.17, 15) is 0 Å². The molecule has 3 heteroatoms. The van der Waals surface area contributed by atoms with Crippen LogP contribution < -0.4 is 5.73 Å². The molecule has 0 aliphatic heterocycles. The molecule has 3 rings (SSSR count). The van der Waals surface area contributed by atoms with Crippen LogP contribution in [0.3, 0.4) is 0 Å². The number of rotatable bonds is 5. The third-order valence-electron chi connectivity index (χ3n) is 3.68. The van der Waals surface area contributed by atoms with Gasteiger partial charge in [-0.3, -0.25) is 0 Å². The molecule has 0 amide bonds. The molecule has 0 saturated carbocycles. The lowest BCUT2D eigenvalue weighted by Crippen LogP contribution is -2.10. The Morgan fingerprint density at radius 2 is 1.85 bits per heavy atom. The minimum Gasteiger partial charge on any atom is -0.324 e. The zero-order valence-electron chi connectivity index (χ0n) is 11.4. The van der Waals surface area contributed by atoms with Crippen LogP contribution in [0.1, 0.15) is 30.0 Å². The molecule has 3 nitrogen and oxygen atoms in total. The van der Waals surface area contributed by atoms with E-state index in [2.05, 4.69) is 35.4 Å². The molecular weight excluding hydrogens is 246 g/mol. The number of hydrogen-bond donors (Lipinski definition) is 1. The first-order valence-corrected chi connectivity index (χ1v) is 7.06. The quantitative estimate of drug-likeness (QED) is 0.768. The number of nitrogens with zero attached hydrogens (tertiary/aromatic N) is 2. The van der Waals surface area contributed by atoms with Crippen molar-refractivity contribution in [2.24, 2.45) is 5.73 Å². The molecule has 0 bridgehead atoms. The van der Waals surface area contributed by atoms with Crippen LogP contribution in [0.15, 0.2) is 60.9 Å². The highest BCUT2D eigenvalue weighted by Gasteiger charge is 2.11. The van der Waals surface area contributed by atoms with Crippen molar-refractivity contribution in [1.29, 1.82) is 0 Å². The van der Waals surface area contributed by atoms with Crippen LogP contribution in [0.4, 0.5) is 0 Å². The van der Waals surface area contributed by atoms with E-state index in [1.807, 2.05) is 35.1 Å². The smallest absolute Gasteiger partial charge is 0.0709 e. The first-order valence-electron chi connectivity index (χ1n) is 7.06. The van der Waals surface area contributed by atoms with E-state index in [1.165, 1.54) is 5.56 Å². The summed E-state index contributed by atoms with van der Waals surface area (Å²) in [6, 6.07) is 16.7. The molecule has 1 aromatic carbocycles. The molecule has 1 unspecified atom stereocenters. The predicted octanol–water partition coefficient (Wildman–Crippen LogP) is 3.36. The Kier molecular flexibility index (Phi) is 3.79. The summed E-state index contributed by atoms with van der Waals surface area (Å²) >= 11 is 0. The van der Waals surface area contributed by atoms with Gasteiger partial charge in [0, 0.05) is 17.8 Å². The molecule has 0 saturated heterocycles. The second-order valence-corrected chi connectivity index (χ2v) is 5.11. The standard InChI is InChI=1S/C17H19N3/c18-16(10-6-9-14-7-2-1-3-8-14)15-13-19-20-12-5-4-11-17(15)20/h1-5,7-8,11-13,16H,6,9-10,18H2. The van der Waals surface area contributed by atoms with Crippen LogP contribution in [0.25, 0.3) is 5.52 Å². The lowest BCUT2D eigenvalue weighted by Gasteiger charge is -2.10. The summed E-state index contributed by atoms with van der Waals surface area (Å²) in [5.74, 6) is 0. The van der Waals surface area contributed by atoms with E-state index in [1.54, 1.807) is 0 Å². The third kappa shape index (κ3) is 2.73. The molecule has 3 aromatic rings. The topological polar surface area (TPSA) is 43.3 Å². The minimum atomic E-state index is 0.0543. The van der Waals surface area contributed by atoms with Gasteiger partial charge in [0.25, 0.3) is 0 Å². The van der Waals surface area contributed by atoms with E-state index in [4.69, 9.17) is 5.73 Å². The van der Waals surface area contributed by atoms with E-state index in [0.717, 1.165) is 30.3 Å². The summed E-state index contributed by atoms with van der Waals surface area (Å²) in [5.41, 5.74) is 9.94. The van der Waals surface area contributed by atoms with Crippen LogP contribution >= 0.6 is 0 Å². The maximum Gasteiger partial charge on any atom is 0.0709 e. The highest BCUT2D eigenvalue weighted by molar-refractivity contribution is 5.54. The van der Waals surface area contributed by atoms with Crippen molar-refractivity contribution in [3.8, 4) is 0 Å². The highest BCUT2D eigenvalue weighted by Crippen LogP contribution is 2.21. The zero-order chi connectivity index (χ0) is 13.8. The largest absolute Gasteiger partial charge is 0.324 e. The molecule has 0 aliphatic rings. The van der Waals surface area contributed by atoms with Crippen molar-refractivity contribution in [2.45, 2.75) is 25.3 Å². The first-order chi connectivity index (χ1) is 9.84. The van der Waals surface area contributed by atoms with Crippen LogP contribution in [0, 0.1) is 0 Å². The van der Waals surface area contributed by atoms with Crippen molar-refractivity contribution in [2.75, 3.05) is 0 Å². The third-order valence-corrected chi connectivity index (χ3v) is 3.68. The van der Waals surface area contributed by atoms with E-state index < -0.39 is 0 Å². The number of nitrogens with two attached hydrogens (primary N) is 1. The maximum absolute atomic E-state index is 6.32. The average Bonchev–Trinajstić information content (AvgIpc) is 2.92. The monoisotopic (exact) mass is 265 g/mol. The van der Waals surface area contributed by atoms with Gasteiger partial charge < -0.3 is 5.73 Å². The fourth-order valence-electron chi connectivity index (χ4n) is 2.57. The first kappa shape index (κ1) is 12.9. The molecule has 0 fully saturated rings. The molecule has 0 aliphatic carbocycles. The van der Waals surface area contributed by atoms with Crippen molar-refractivity contribution >= 4 is 5.52 Å². The van der Waals surface area contributed by atoms with Gasteiger partial charge in [0.05, 0.1) is 11.7 Å². The molecular formula is C17H19N3. The molecule has 0 spiro atoms. The van der Waals surface area contributed by atoms with Gasteiger partial charge in [-0.1, -0.05) is 36.4 Å². The lowest BCUT2D eigenvalue weighted by molar-refractivity contribution is 0.615. The van der Waals surface area contributed by atoms with Gasteiger partial charge in [-0.05, 0) is 37.0 Å². The number of hydrogen-bond acceptors (Lipinski definition) is 2. The summed E-state index contributed by atoms with van der Waals surface area (Å²) in [7, 11) is 0. The van der Waals surface area contributed by atoms with Gasteiger partial charge in [0.2, 0.25) is 0 Å². The minimum absolute atomic E-state index is 0.0543. The van der Waals surface area contributed by atoms with Crippen molar-refractivity contribution in [3.05, 3.63) is 72.1 Å². The van der Waals surface area contributed by atoms with Crippen molar-refractivity contribution in [3.63, 3.8) is 0 Å². The highest BCUT2D eigenvalue weighted by atomic mass is 15.2. The summed E-state index contributed by atoms with van der Waals surface area (Å²) < 4.78 is 1.88. The number of pyridine rings is 1. The second-order valence-electron chi connectivity index (χ2n) is 5.11. The Bertz CT molecular complexity index is 673. The Morgan fingerprint density at radius 1 is 1.05 bits per heavy atom. The van der Waals surface area contributed by atoms with Crippen molar-refractivity contribution in [1.82, 2.24) is 9.61 Å². The Labute approximate surface area is 119 Å². The normalized spacial score (nSPS) is 12.7. The van der Waals surface area contributed by atoms with Crippen LogP contribution in [0.5, 0.6) is 0 Å². The Balaban J connectivity index is 1.63. The summed E-state index contributed by atoms with van der Waals surface area (Å²) in [4.78, 5) is 0. The maximum atomic E-state index is 6.32. The molecule has 102 valence electrons. The van der Waals surface area contributed by atoms with E-state index >= 15 is 0 Å². The molecule has 20 heavy (non-hydrogen) atoms.